The van der Waals surface area contributed by atoms with E-state index in [0.717, 1.165) is 12.1 Å². The molecule has 1 aromatic rings. The van der Waals surface area contributed by atoms with Gasteiger partial charge in [-0.25, -0.2) is 13.6 Å². The van der Waals surface area contributed by atoms with Crippen molar-refractivity contribution < 1.29 is 38.1 Å². The lowest BCUT2D eigenvalue weighted by Crippen LogP contribution is -2.43. The molecule has 2 aliphatic rings. The zero-order valence-electron chi connectivity index (χ0n) is 15.5. The first kappa shape index (κ1) is 21.4. The highest BCUT2D eigenvalue weighted by atomic mass is 19.1. The van der Waals surface area contributed by atoms with E-state index in [4.69, 9.17) is 9.47 Å². The Morgan fingerprint density at radius 3 is 2.52 bits per heavy atom. The number of hydrogen-bond acceptors (Lipinski definition) is 6. The van der Waals surface area contributed by atoms with Gasteiger partial charge in [0, 0.05) is 25.7 Å². The summed E-state index contributed by atoms with van der Waals surface area (Å²) < 4.78 is 37.2. The van der Waals surface area contributed by atoms with Gasteiger partial charge in [-0.3, -0.25) is 4.79 Å². The van der Waals surface area contributed by atoms with E-state index >= 15 is 0 Å². The lowest BCUT2D eigenvalue weighted by Gasteiger charge is -2.28. The molecule has 3 rings (SSSR count). The van der Waals surface area contributed by atoms with E-state index in [1.54, 1.807) is 4.90 Å². The van der Waals surface area contributed by atoms with Gasteiger partial charge in [-0.2, -0.15) is 0 Å². The molecule has 3 amide bonds. The predicted molar refractivity (Wildman–Crippen MR) is 96.1 cm³/mol. The van der Waals surface area contributed by atoms with Gasteiger partial charge in [0.1, 0.15) is 29.9 Å². The van der Waals surface area contributed by atoms with E-state index in [1.165, 1.54) is 0 Å². The van der Waals surface area contributed by atoms with Crippen molar-refractivity contribution in [1.82, 2.24) is 10.2 Å². The maximum absolute atomic E-state index is 13.6. The van der Waals surface area contributed by atoms with E-state index in [2.05, 4.69) is 10.6 Å². The summed E-state index contributed by atoms with van der Waals surface area (Å²) in [6.07, 6.45) is -4.56. The summed E-state index contributed by atoms with van der Waals surface area (Å²) in [6.45, 7) is 1.61. The van der Waals surface area contributed by atoms with Crippen molar-refractivity contribution in [1.29, 1.82) is 0 Å². The smallest absolute Gasteiger partial charge is 0.319 e. The Morgan fingerprint density at radius 1 is 1.14 bits per heavy atom. The van der Waals surface area contributed by atoms with Crippen LogP contribution in [0.5, 0.6) is 0 Å². The van der Waals surface area contributed by atoms with Crippen LogP contribution in [0.15, 0.2) is 18.2 Å². The molecule has 0 aliphatic carbocycles. The van der Waals surface area contributed by atoms with Gasteiger partial charge < -0.3 is 35.2 Å². The number of hydrogen-bond donors (Lipinski definition) is 4. The highest BCUT2D eigenvalue weighted by Crippen LogP contribution is 2.24. The van der Waals surface area contributed by atoms with Crippen molar-refractivity contribution in [3.63, 3.8) is 0 Å². The number of nitrogens with zero attached hydrogens (tertiary/aromatic N) is 1. The Bertz CT molecular complexity index is 746. The molecule has 29 heavy (non-hydrogen) atoms. The number of halogens is 2. The highest BCUT2D eigenvalue weighted by molar-refractivity contribution is 5.89. The summed E-state index contributed by atoms with van der Waals surface area (Å²) in [5.74, 6) is -1.93. The lowest BCUT2D eigenvalue weighted by molar-refractivity contribution is -0.139. The first-order chi connectivity index (χ1) is 13.8. The third-order valence-corrected chi connectivity index (χ3v) is 4.84. The summed E-state index contributed by atoms with van der Waals surface area (Å²) in [6, 6.07) is 1.90. The Labute approximate surface area is 165 Å². The summed E-state index contributed by atoms with van der Waals surface area (Å²) in [5.41, 5.74) is -0.217. The van der Waals surface area contributed by atoms with Crippen LogP contribution in [0.25, 0.3) is 0 Å². The van der Waals surface area contributed by atoms with Gasteiger partial charge in [-0.05, 0) is 12.1 Å². The zero-order chi connectivity index (χ0) is 21.0. The lowest BCUT2D eigenvalue weighted by atomic mass is 10.0. The van der Waals surface area contributed by atoms with E-state index in [-0.39, 0.29) is 24.6 Å². The van der Waals surface area contributed by atoms with Crippen LogP contribution in [0.2, 0.25) is 0 Å². The molecule has 0 unspecified atom stereocenters. The molecule has 2 fully saturated rings. The fraction of sp³-hybridized carbons (Fsp3) is 0.556. The first-order valence-corrected chi connectivity index (χ1v) is 9.22. The molecule has 0 radical (unpaired) electrons. The zero-order valence-corrected chi connectivity index (χ0v) is 15.5. The normalized spacial score (nSPS) is 27.0. The van der Waals surface area contributed by atoms with E-state index in [0.29, 0.717) is 32.4 Å². The van der Waals surface area contributed by atoms with Gasteiger partial charge in [0.2, 0.25) is 5.91 Å². The number of carbonyl (C=O) groups is 2. The van der Waals surface area contributed by atoms with Crippen LogP contribution in [0, 0.1) is 11.6 Å². The molecule has 4 N–H and O–H groups in total. The van der Waals surface area contributed by atoms with E-state index in [9.17, 15) is 28.6 Å². The maximum atomic E-state index is 13.6. The number of anilines is 1. The molecule has 0 aromatic heterocycles. The second-order valence-corrected chi connectivity index (χ2v) is 6.85. The minimum Gasteiger partial charge on any atom is -0.388 e. The number of aliphatic hydroxyl groups excluding tert-OH is 2. The highest BCUT2D eigenvalue weighted by Gasteiger charge is 2.43. The molecule has 0 saturated carbocycles. The van der Waals surface area contributed by atoms with Gasteiger partial charge in [-0.15, -0.1) is 0 Å². The van der Waals surface area contributed by atoms with E-state index in [1.807, 2.05) is 0 Å². The van der Waals surface area contributed by atoms with Crippen molar-refractivity contribution in [2.75, 3.05) is 38.2 Å². The number of benzene rings is 1. The minimum atomic E-state index is -1.31. The summed E-state index contributed by atoms with van der Waals surface area (Å²) in [4.78, 5) is 25.8. The van der Waals surface area contributed by atoms with Crippen LogP contribution in [0.4, 0.5) is 19.3 Å². The van der Waals surface area contributed by atoms with Crippen molar-refractivity contribution in [3.05, 3.63) is 29.8 Å². The number of aliphatic hydroxyl groups is 2. The molecule has 4 atom stereocenters. The van der Waals surface area contributed by atoms with Gasteiger partial charge in [0.15, 0.2) is 0 Å². The van der Waals surface area contributed by atoms with Crippen molar-refractivity contribution >= 4 is 17.6 Å². The Hall–Kier alpha value is -2.34. The van der Waals surface area contributed by atoms with Crippen molar-refractivity contribution in [3.8, 4) is 0 Å². The average molecular weight is 415 g/mol. The van der Waals surface area contributed by atoms with Gasteiger partial charge in [0.05, 0.1) is 31.4 Å². The Morgan fingerprint density at radius 2 is 1.83 bits per heavy atom. The van der Waals surface area contributed by atoms with Gasteiger partial charge in [0.25, 0.3) is 0 Å². The number of nitrogens with one attached hydrogen (secondary N) is 2. The number of carbonyl (C=O) groups excluding carboxylic acids is 2. The SMILES string of the molecule is O=C(NC[C@@H]1O[C@@H](CC(=O)N2CCOCC2)[C@H](O)[C@@H]1O)Nc1ccc(F)cc1F. The molecule has 2 aliphatic heterocycles. The van der Waals surface area contributed by atoms with Gasteiger partial charge >= 0.3 is 6.03 Å². The van der Waals surface area contributed by atoms with E-state index < -0.39 is 42.1 Å². The second-order valence-electron chi connectivity index (χ2n) is 6.85. The summed E-state index contributed by atoms with van der Waals surface area (Å²) in [7, 11) is 0. The largest absolute Gasteiger partial charge is 0.388 e. The third-order valence-electron chi connectivity index (χ3n) is 4.84. The Balaban J connectivity index is 1.48. The molecule has 1 aromatic carbocycles. The number of amides is 3. The van der Waals surface area contributed by atoms with Crippen LogP contribution in [0.1, 0.15) is 6.42 Å². The van der Waals surface area contributed by atoms with Crippen molar-refractivity contribution in [2.24, 2.45) is 0 Å². The molecule has 2 heterocycles. The van der Waals surface area contributed by atoms with Crippen LogP contribution >= 0.6 is 0 Å². The average Bonchev–Trinajstić information content (AvgIpc) is 2.97. The Kier molecular flexibility index (Phi) is 6.96. The molecule has 0 bridgehead atoms. The van der Waals surface area contributed by atoms with Crippen LogP contribution in [-0.2, 0) is 14.3 Å². The molecular formula is C18H23F2N3O6. The molecular weight excluding hydrogens is 392 g/mol. The molecule has 160 valence electrons. The number of morpholine rings is 1. The molecule has 9 nitrogen and oxygen atoms in total. The fourth-order valence-electron chi connectivity index (χ4n) is 3.23. The topological polar surface area (TPSA) is 120 Å². The first-order valence-electron chi connectivity index (χ1n) is 9.22. The number of rotatable bonds is 5. The third kappa shape index (κ3) is 5.38. The molecule has 0 spiro atoms. The summed E-state index contributed by atoms with van der Waals surface area (Å²) >= 11 is 0. The standard InChI is InChI=1S/C18H23F2N3O6/c19-10-1-2-12(11(20)7-10)22-18(27)21-9-14-17(26)16(25)13(29-14)8-15(24)23-3-5-28-6-4-23/h1-2,7,13-14,16-17,25-26H,3-6,8-9H2,(H2,21,22,27)/t13-,14-,16-,17+/m0/s1. The minimum absolute atomic E-state index is 0.109. The monoisotopic (exact) mass is 415 g/mol. The number of urea groups is 1. The van der Waals surface area contributed by atoms with Crippen LogP contribution < -0.4 is 10.6 Å². The second kappa shape index (κ2) is 9.44. The van der Waals surface area contributed by atoms with Gasteiger partial charge in [-0.1, -0.05) is 0 Å². The number of ether oxygens (including phenoxy) is 2. The molecule has 11 heteroatoms. The van der Waals surface area contributed by atoms with Crippen molar-refractivity contribution in [2.45, 2.75) is 30.8 Å². The summed E-state index contributed by atoms with van der Waals surface area (Å²) in [5, 5.41) is 24.9. The van der Waals surface area contributed by atoms with Crippen LogP contribution in [0.3, 0.4) is 0 Å². The predicted octanol–water partition coefficient (Wildman–Crippen LogP) is -0.176. The maximum Gasteiger partial charge on any atom is 0.319 e. The quantitative estimate of drug-likeness (QED) is 0.530. The van der Waals surface area contributed by atoms with Crippen LogP contribution in [-0.4, -0.2) is 84.3 Å². The molecule has 2 saturated heterocycles. The fourth-order valence-corrected chi connectivity index (χ4v) is 3.23.